The Kier molecular flexibility index (Phi) is 2.05. The van der Waals surface area contributed by atoms with E-state index in [1.807, 2.05) is 0 Å². The van der Waals surface area contributed by atoms with E-state index in [0.29, 0.717) is 0 Å². The zero-order chi connectivity index (χ0) is 9.14. The van der Waals surface area contributed by atoms with Crippen LogP contribution in [-0.2, 0) is 14.6 Å². The first-order chi connectivity index (χ1) is 5.65. The van der Waals surface area contributed by atoms with Gasteiger partial charge in [-0.2, -0.15) is 0 Å². The van der Waals surface area contributed by atoms with E-state index >= 15 is 0 Å². The summed E-state index contributed by atoms with van der Waals surface area (Å²) >= 11 is 0. The second kappa shape index (κ2) is 3.00. The third kappa shape index (κ3) is 1.79. The third-order valence-electron chi connectivity index (χ3n) is 1.04. The second-order valence-corrected chi connectivity index (χ2v) is 1.90. The lowest BCUT2D eigenvalue weighted by Crippen LogP contribution is -2.08. The van der Waals surface area contributed by atoms with E-state index in [0.717, 1.165) is 12.1 Å². The van der Waals surface area contributed by atoms with Crippen LogP contribution in [0.15, 0.2) is 23.5 Å². The van der Waals surface area contributed by atoms with E-state index in [4.69, 9.17) is 0 Å². The van der Waals surface area contributed by atoms with Crippen LogP contribution in [-0.4, -0.2) is 11.9 Å². The minimum atomic E-state index is -0.963. The molecule has 62 valence electrons. The molecule has 5 nitrogen and oxygen atoms in total. The molecule has 0 radical (unpaired) electrons. The Morgan fingerprint density at radius 2 is 2.00 bits per heavy atom. The maximum atomic E-state index is 10.6. The van der Waals surface area contributed by atoms with Gasteiger partial charge in [0.1, 0.15) is 5.56 Å². The lowest BCUT2D eigenvalue weighted by atomic mass is 10.6. The number of hydrogen-bond donors (Lipinski definition) is 0. The van der Waals surface area contributed by atoms with Crippen molar-refractivity contribution in [3.05, 3.63) is 34.5 Å². The van der Waals surface area contributed by atoms with E-state index < -0.39 is 17.4 Å². The predicted octanol–water partition coefficient (Wildman–Crippen LogP) is -0.277. The summed E-state index contributed by atoms with van der Waals surface area (Å²) in [6, 6.07) is 1.07. The van der Waals surface area contributed by atoms with Gasteiger partial charge in [0, 0.05) is 12.1 Å². The van der Waals surface area contributed by atoms with Crippen LogP contribution in [0.5, 0.6) is 0 Å². The lowest BCUT2D eigenvalue weighted by Gasteiger charge is -1.94. The maximum absolute atomic E-state index is 10.6. The summed E-state index contributed by atoms with van der Waals surface area (Å²) in [5.41, 5.74) is -0.512. The monoisotopic (exact) mass is 168 g/mol. The quantitative estimate of drug-likeness (QED) is 0.345. The van der Waals surface area contributed by atoms with Crippen LogP contribution in [0, 0.1) is 0 Å². The molecule has 0 fully saturated rings. The highest BCUT2D eigenvalue weighted by Gasteiger charge is 2.21. The topological polar surface area (TPSA) is 69.7 Å². The number of hydrogen-bond acceptors (Lipinski definition) is 5. The highest BCUT2D eigenvalue weighted by atomic mass is 17.2. The number of rotatable bonds is 2. The molecule has 0 aliphatic heterocycles. The molecule has 1 aromatic rings. The molecular weight excluding hydrogens is 164 g/mol. The van der Waals surface area contributed by atoms with Crippen LogP contribution in [0.2, 0.25) is 0 Å². The number of carbonyl (C=O) groups excluding carboxylic acids is 2. The molecule has 0 saturated heterocycles. The summed E-state index contributed by atoms with van der Waals surface area (Å²) in [5.74, 6) is -1.85. The molecule has 0 bridgehead atoms. The molecule has 0 saturated carbocycles. The van der Waals surface area contributed by atoms with E-state index in [1.54, 1.807) is 0 Å². The average molecular weight is 168 g/mol. The van der Waals surface area contributed by atoms with E-state index in [-0.39, 0.29) is 5.56 Å². The zero-order valence-corrected chi connectivity index (χ0v) is 5.90. The van der Waals surface area contributed by atoms with Crippen LogP contribution in [0.3, 0.4) is 0 Å². The Labute approximate surface area is 66.8 Å². The van der Waals surface area contributed by atoms with Crippen LogP contribution in [0.4, 0.5) is 0 Å². The summed E-state index contributed by atoms with van der Waals surface area (Å²) in [5, 5.41) is 0. The summed E-state index contributed by atoms with van der Waals surface area (Å²) < 4.78 is 0. The molecule has 0 aliphatic carbocycles. The van der Waals surface area contributed by atoms with Crippen molar-refractivity contribution in [2.24, 2.45) is 0 Å². The largest absolute Gasteiger partial charge is 0.390 e. The van der Waals surface area contributed by atoms with Gasteiger partial charge in [-0.3, -0.25) is 4.79 Å². The van der Waals surface area contributed by atoms with Crippen molar-refractivity contribution in [2.45, 2.75) is 0 Å². The van der Waals surface area contributed by atoms with Crippen molar-refractivity contribution < 1.29 is 19.4 Å². The lowest BCUT2D eigenvalue weighted by molar-refractivity contribution is -0.227. The Hall–Kier alpha value is -1.91. The third-order valence-corrected chi connectivity index (χ3v) is 1.04. The van der Waals surface area contributed by atoms with Crippen molar-refractivity contribution in [2.75, 3.05) is 0 Å². The molecule has 0 atom stereocenters. The van der Waals surface area contributed by atoms with E-state index in [9.17, 15) is 14.4 Å². The van der Waals surface area contributed by atoms with Gasteiger partial charge in [-0.05, 0) is 0 Å². The molecule has 5 heteroatoms. The second-order valence-electron chi connectivity index (χ2n) is 1.90. The van der Waals surface area contributed by atoms with Crippen molar-refractivity contribution in [3.63, 3.8) is 0 Å². The summed E-state index contributed by atoms with van der Waals surface area (Å²) in [6.07, 6.45) is 0.830. The van der Waals surface area contributed by atoms with Gasteiger partial charge in [-0.25, -0.2) is 19.4 Å². The first-order valence-electron chi connectivity index (χ1n) is 2.96. The van der Waals surface area contributed by atoms with Gasteiger partial charge in [0.05, 0.1) is 0 Å². The van der Waals surface area contributed by atoms with Crippen LogP contribution >= 0.6 is 0 Å². The molecule has 0 spiro atoms. The van der Waals surface area contributed by atoms with Gasteiger partial charge in [0.2, 0.25) is 0 Å². The summed E-state index contributed by atoms with van der Waals surface area (Å²) in [6.45, 7) is 3.07. The molecule has 0 aliphatic rings. The summed E-state index contributed by atoms with van der Waals surface area (Å²) in [4.78, 5) is 39.1. The predicted molar refractivity (Wildman–Crippen MR) is 36.8 cm³/mol. The van der Waals surface area contributed by atoms with Gasteiger partial charge in [0.15, 0.2) is 5.43 Å². The van der Waals surface area contributed by atoms with Gasteiger partial charge in [0.25, 0.3) is 0 Å². The maximum Gasteiger partial charge on any atom is 0.390 e. The van der Waals surface area contributed by atoms with Crippen LogP contribution in [0.25, 0.3) is 0 Å². The molecule has 1 aromatic carbocycles. The Morgan fingerprint density at radius 1 is 1.42 bits per heavy atom. The molecule has 0 amide bonds. The van der Waals surface area contributed by atoms with Gasteiger partial charge in [-0.15, -0.1) is 0 Å². The van der Waals surface area contributed by atoms with Gasteiger partial charge < -0.3 is 0 Å². The average Bonchev–Trinajstić information content (AvgIpc) is 2.77. The smallest absolute Gasteiger partial charge is 0.289 e. The molecular formula is C7H4O5. The minimum Gasteiger partial charge on any atom is -0.289 e. The van der Waals surface area contributed by atoms with Crippen LogP contribution in [0.1, 0.15) is 10.4 Å². The van der Waals surface area contributed by atoms with E-state index in [1.165, 1.54) is 0 Å². The Bertz CT molecular complexity index is 342. The molecule has 12 heavy (non-hydrogen) atoms. The van der Waals surface area contributed by atoms with Crippen LogP contribution < -0.4 is 5.43 Å². The van der Waals surface area contributed by atoms with Crippen molar-refractivity contribution in [1.82, 2.24) is 0 Å². The standard InChI is InChI=1S/C7H4O5/c1-2-6(9)11-12-7(10)4-3-5(4)8/h2-3H,1H2. The Morgan fingerprint density at radius 3 is 2.42 bits per heavy atom. The molecule has 0 aromatic heterocycles. The summed E-state index contributed by atoms with van der Waals surface area (Å²) in [7, 11) is 0. The molecule has 0 heterocycles. The van der Waals surface area contributed by atoms with Gasteiger partial charge in [-0.1, -0.05) is 6.58 Å². The normalized spacial score (nSPS) is 9.33. The fourth-order valence-electron chi connectivity index (χ4n) is 0.412. The Balaban J connectivity index is 2.34. The van der Waals surface area contributed by atoms with Crippen molar-refractivity contribution in [3.8, 4) is 0 Å². The van der Waals surface area contributed by atoms with Gasteiger partial charge >= 0.3 is 11.9 Å². The first-order valence-corrected chi connectivity index (χ1v) is 2.96. The molecule has 1 rings (SSSR count). The number of carbonyl (C=O) groups is 2. The SMILES string of the molecule is C=CC(=O)OOC(=O)c1cc1=O. The van der Waals surface area contributed by atoms with Crippen molar-refractivity contribution >= 4 is 11.9 Å². The minimum absolute atomic E-state index is 0.105. The zero-order valence-electron chi connectivity index (χ0n) is 5.90. The fraction of sp³-hybridized carbons (Fsp3) is 0. The van der Waals surface area contributed by atoms with Crippen molar-refractivity contribution in [1.29, 1.82) is 0 Å². The highest BCUT2D eigenvalue weighted by Crippen LogP contribution is 1.98. The first kappa shape index (κ1) is 8.19. The highest BCUT2D eigenvalue weighted by molar-refractivity contribution is 5.93. The molecule has 0 N–H and O–H groups in total. The van der Waals surface area contributed by atoms with E-state index in [2.05, 4.69) is 16.4 Å². The molecule has 0 unspecified atom stereocenters. The fourth-order valence-corrected chi connectivity index (χ4v) is 0.412.